The SMILES string of the molecule is Fc1ccc(Nc2nncc(Nc3cccc4cccnc34)n2)cc1Cl. The molecule has 2 heterocycles. The highest BCUT2D eigenvalue weighted by molar-refractivity contribution is 6.31. The summed E-state index contributed by atoms with van der Waals surface area (Å²) in [5.41, 5.74) is 2.19. The van der Waals surface area contributed by atoms with Crippen molar-refractivity contribution in [1.29, 1.82) is 0 Å². The van der Waals surface area contributed by atoms with E-state index in [0.717, 1.165) is 16.6 Å². The summed E-state index contributed by atoms with van der Waals surface area (Å²) < 4.78 is 13.3. The van der Waals surface area contributed by atoms with Gasteiger partial charge in [0.15, 0.2) is 5.82 Å². The average Bonchev–Trinajstić information content (AvgIpc) is 2.65. The van der Waals surface area contributed by atoms with Crippen LogP contribution in [0.15, 0.2) is 60.9 Å². The monoisotopic (exact) mass is 366 g/mol. The number of nitrogens with zero attached hydrogens (tertiary/aromatic N) is 4. The molecule has 0 aliphatic carbocycles. The van der Waals surface area contributed by atoms with Crippen LogP contribution >= 0.6 is 11.6 Å². The fourth-order valence-corrected chi connectivity index (χ4v) is 2.64. The van der Waals surface area contributed by atoms with E-state index >= 15 is 0 Å². The van der Waals surface area contributed by atoms with Gasteiger partial charge in [-0.15, -0.1) is 5.10 Å². The van der Waals surface area contributed by atoms with Crippen LogP contribution in [-0.4, -0.2) is 20.2 Å². The number of hydrogen-bond donors (Lipinski definition) is 2. The summed E-state index contributed by atoms with van der Waals surface area (Å²) in [4.78, 5) is 8.76. The summed E-state index contributed by atoms with van der Waals surface area (Å²) in [6.07, 6.45) is 3.24. The quantitative estimate of drug-likeness (QED) is 0.545. The predicted octanol–water partition coefficient (Wildman–Crippen LogP) is 4.70. The zero-order valence-corrected chi connectivity index (χ0v) is 14.1. The predicted molar refractivity (Wildman–Crippen MR) is 99.5 cm³/mol. The molecule has 0 bridgehead atoms. The van der Waals surface area contributed by atoms with Crippen LogP contribution in [0, 0.1) is 5.82 Å². The Morgan fingerprint density at radius 3 is 2.77 bits per heavy atom. The summed E-state index contributed by atoms with van der Waals surface area (Å²) in [6, 6.07) is 13.9. The molecule has 2 aromatic heterocycles. The average molecular weight is 367 g/mol. The van der Waals surface area contributed by atoms with Gasteiger partial charge in [-0.05, 0) is 30.3 Å². The molecule has 0 aliphatic rings. The number of hydrogen-bond acceptors (Lipinski definition) is 6. The molecule has 2 aromatic carbocycles. The maximum Gasteiger partial charge on any atom is 0.249 e. The van der Waals surface area contributed by atoms with Gasteiger partial charge in [0.25, 0.3) is 0 Å². The Morgan fingerprint density at radius 1 is 1.00 bits per heavy atom. The fraction of sp³-hybridized carbons (Fsp3) is 0. The van der Waals surface area contributed by atoms with Crippen LogP contribution in [0.2, 0.25) is 5.02 Å². The van der Waals surface area contributed by atoms with Gasteiger partial charge in [-0.2, -0.15) is 10.1 Å². The van der Waals surface area contributed by atoms with Crippen molar-refractivity contribution in [2.45, 2.75) is 0 Å². The molecule has 4 rings (SSSR count). The van der Waals surface area contributed by atoms with Gasteiger partial charge in [0, 0.05) is 17.3 Å². The summed E-state index contributed by atoms with van der Waals surface area (Å²) in [6.45, 7) is 0. The minimum Gasteiger partial charge on any atom is -0.337 e. The van der Waals surface area contributed by atoms with Crippen LogP contribution in [0.1, 0.15) is 0 Å². The van der Waals surface area contributed by atoms with Crippen LogP contribution in [0.5, 0.6) is 0 Å². The standard InChI is InChI=1S/C18H12ClFN6/c19-13-9-12(6-7-14(13)20)23-18-25-16(10-22-26-18)24-15-5-1-3-11-4-2-8-21-17(11)15/h1-10H,(H2,23,24,25,26). The van der Waals surface area contributed by atoms with E-state index in [1.165, 1.54) is 18.3 Å². The number of anilines is 4. The molecular formula is C18H12ClFN6. The lowest BCUT2D eigenvalue weighted by Gasteiger charge is -2.09. The van der Waals surface area contributed by atoms with Gasteiger partial charge in [0.1, 0.15) is 5.82 Å². The van der Waals surface area contributed by atoms with Gasteiger partial charge < -0.3 is 10.6 Å². The van der Waals surface area contributed by atoms with E-state index in [4.69, 9.17) is 11.6 Å². The first-order valence-corrected chi connectivity index (χ1v) is 8.09. The number of fused-ring (bicyclic) bond motifs is 1. The molecule has 0 atom stereocenters. The second-order valence-electron chi connectivity index (χ2n) is 5.42. The molecule has 0 unspecified atom stereocenters. The van der Waals surface area contributed by atoms with Gasteiger partial charge >= 0.3 is 0 Å². The third-order valence-electron chi connectivity index (χ3n) is 3.63. The number of benzene rings is 2. The van der Waals surface area contributed by atoms with E-state index in [1.54, 1.807) is 12.3 Å². The third-order valence-corrected chi connectivity index (χ3v) is 3.92. The van der Waals surface area contributed by atoms with Crippen molar-refractivity contribution >= 4 is 45.6 Å². The largest absolute Gasteiger partial charge is 0.337 e. The maximum absolute atomic E-state index is 13.3. The number of rotatable bonds is 4. The Labute approximate surface area is 153 Å². The minimum absolute atomic E-state index is 0.0130. The lowest BCUT2D eigenvalue weighted by atomic mass is 10.2. The van der Waals surface area contributed by atoms with Crippen molar-refractivity contribution in [3.8, 4) is 0 Å². The molecule has 0 saturated carbocycles. The molecule has 0 aliphatic heterocycles. The van der Waals surface area contributed by atoms with Gasteiger partial charge in [0.05, 0.1) is 22.4 Å². The summed E-state index contributed by atoms with van der Waals surface area (Å²) >= 11 is 5.78. The smallest absolute Gasteiger partial charge is 0.249 e. The van der Waals surface area contributed by atoms with E-state index in [1.807, 2.05) is 30.3 Å². The van der Waals surface area contributed by atoms with Crippen LogP contribution in [0.4, 0.5) is 27.5 Å². The van der Waals surface area contributed by atoms with E-state index in [-0.39, 0.29) is 11.0 Å². The normalized spacial score (nSPS) is 10.7. The number of para-hydroxylation sites is 1. The molecule has 0 amide bonds. The minimum atomic E-state index is -0.491. The first-order valence-electron chi connectivity index (χ1n) is 7.71. The Kier molecular flexibility index (Phi) is 4.28. The van der Waals surface area contributed by atoms with Crippen LogP contribution in [0.25, 0.3) is 10.9 Å². The van der Waals surface area contributed by atoms with Crippen LogP contribution in [0.3, 0.4) is 0 Å². The molecule has 128 valence electrons. The zero-order valence-electron chi connectivity index (χ0n) is 13.3. The first kappa shape index (κ1) is 16.2. The number of pyridine rings is 1. The fourth-order valence-electron chi connectivity index (χ4n) is 2.46. The van der Waals surface area contributed by atoms with Crippen LogP contribution in [-0.2, 0) is 0 Å². The molecule has 0 fully saturated rings. The lowest BCUT2D eigenvalue weighted by Crippen LogP contribution is -2.03. The molecular weight excluding hydrogens is 355 g/mol. The number of halogens is 2. The van der Waals surface area contributed by atoms with Crippen molar-refractivity contribution in [2.24, 2.45) is 0 Å². The van der Waals surface area contributed by atoms with Crippen LogP contribution < -0.4 is 10.6 Å². The van der Waals surface area contributed by atoms with Gasteiger partial charge in [-0.1, -0.05) is 29.8 Å². The van der Waals surface area contributed by atoms with Crippen molar-refractivity contribution in [1.82, 2.24) is 20.2 Å². The zero-order chi connectivity index (χ0) is 17.9. The van der Waals surface area contributed by atoms with E-state index in [9.17, 15) is 4.39 Å². The molecule has 8 heteroatoms. The molecule has 0 spiro atoms. The topological polar surface area (TPSA) is 75.6 Å². The summed E-state index contributed by atoms with van der Waals surface area (Å²) in [5.74, 6) is 0.259. The second-order valence-corrected chi connectivity index (χ2v) is 5.83. The maximum atomic E-state index is 13.3. The molecule has 6 nitrogen and oxygen atoms in total. The molecule has 0 radical (unpaired) electrons. The molecule has 2 N–H and O–H groups in total. The summed E-state index contributed by atoms with van der Waals surface area (Å²) in [7, 11) is 0. The summed E-state index contributed by atoms with van der Waals surface area (Å²) in [5, 5.41) is 15.0. The van der Waals surface area contributed by atoms with Gasteiger partial charge in [0.2, 0.25) is 5.95 Å². The Hall–Kier alpha value is -3.32. The van der Waals surface area contributed by atoms with Gasteiger partial charge in [-0.3, -0.25) is 4.98 Å². The number of nitrogens with one attached hydrogen (secondary N) is 2. The van der Waals surface area contributed by atoms with Crippen molar-refractivity contribution in [2.75, 3.05) is 10.6 Å². The highest BCUT2D eigenvalue weighted by atomic mass is 35.5. The third kappa shape index (κ3) is 3.38. The Balaban J connectivity index is 1.60. The second kappa shape index (κ2) is 6.89. The van der Waals surface area contributed by atoms with E-state index < -0.39 is 5.82 Å². The van der Waals surface area contributed by atoms with Crippen molar-refractivity contribution in [3.63, 3.8) is 0 Å². The lowest BCUT2D eigenvalue weighted by molar-refractivity contribution is 0.628. The van der Waals surface area contributed by atoms with Gasteiger partial charge in [-0.25, -0.2) is 4.39 Å². The highest BCUT2D eigenvalue weighted by Crippen LogP contribution is 2.25. The highest BCUT2D eigenvalue weighted by Gasteiger charge is 2.07. The Bertz CT molecular complexity index is 1080. The van der Waals surface area contributed by atoms with E-state index in [2.05, 4.69) is 30.8 Å². The number of aromatic nitrogens is 4. The molecule has 4 aromatic rings. The van der Waals surface area contributed by atoms with Crippen molar-refractivity contribution < 1.29 is 4.39 Å². The molecule has 26 heavy (non-hydrogen) atoms. The first-order chi connectivity index (χ1) is 12.7. The van der Waals surface area contributed by atoms with E-state index in [0.29, 0.717) is 11.5 Å². The molecule has 0 saturated heterocycles. The van der Waals surface area contributed by atoms with Crippen molar-refractivity contribution in [3.05, 3.63) is 71.8 Å². The Morgan fingerprint density at radius 2 is 1.88 bits per heavy atom.